The molecule has 0 radical (unpaired) electrons. The van der Waals surface area contributed by atoms with E-state index >= 15 is 0 Å². The van der Waals surface area contributed by atoms with Gasteiger partial charge in [0.2, 0.25) is 0 Å². The maximum atomic E-state index is 11.6. The summed E-state index contributed by atoms with van der Waals surface area (Å²) >= 11 is 7.51. The fourth-order valence-electron chi connectivity index (χ4n) is 2.43. The van der Waals surface area contributed by atoms with Crippen molar-refractivity contribution in [3.63, 3.8) is 0 Å². The molecule has 0 saturated carbocycles. The number of carbonyl (C=O) groups excluding carboxylic acids is 1. The molecular formula is C16H16ClN3OS. The third-order valence-corrected chi connectivity index (χ3v) is 5.08. The average molecular weight is 334 g/mol. The van der Waals surface area contributed by atoms with E-state index in [0.717, 1.165) is 28.2 Å². The van der Waals surface area contributed by atoms with Crippen molar-refractivity contribution in [2.24, 2.45) is 0 Å². The zero-order valence-corrected chi connectivity index (χ0v) is 13.9. The number of anilines is 3. The molecule has 6 heteroatoms. The zero-order chi connectivity index (χ0) is 15.7. The van der Waals surface area contributed by atoms with E-state index in [2.05, 4.69) is 17.4 Å². The highest BCUT2D eigenvalue weighted by molar-refractivity contribution is 8.01. The van der Waals surface area contributed by atoms with Gasteiger partial charge in [-0.05, 0) is 54.4 Å². The lowest BCUT2D eigenvalue weighted by Crippen LogP contribution is -2.47. The standard InChI is InChI=1S/C16H16ClN3OS/c1-18-12-5-8-15-14(9-12)19(2)16(10-21)20(22-15)13-6-3-11(17)4-7-13/h3-10,16,18H,1-2H3. The Balaban J connectivity index is 2.02. The van der Waals surface area contributed by atoms with Crippen LogP contribution in [0.15, 0.2) is 47.4 Å². The average Bonchev–Trinajstić information content (AvgIpc) is 2.55. The van der Waals surface area contributed by atoms with Crippen LogP contribution in [0.4, 0.5) is 17.1 Å². The highest BCUT2D eigenvalue weighted by Gasteiger charge is 2.31. The number of nitrogens with zero attached hydrogens (tertiary/aromatic N) is 2. The molecule has 4 nitrogen and oxygen atoms in total. The van der Waals surface area contributed by atoms with Gasteiger partial charge in [0.1, 0.15) is 0 Å². The van der Waals surface area contributed by atoms with Gasteiger partial charge in [-0.3, -0.25) is 9.10 Å². The minimum absolute atomic E-state index is 0.370. The van der Waals surface area contributed by atoms with Crippen LogP contribution in [0.25, 0.3) is 0 Å². The molecule has 1 atom stereocenters. The van der Waals surface area contributed by atoms with Gasteiger partial charge in [0.15, 0.2) is 12.5 Å². The predicted octanol–water partition coefficient (Wildman–Crippen LogP) is 3.87. The van der Waals surface area contributed by atoms with Crippen molar-refractivity contribution in [2.75, 3.05) is 28.6 Å². The van der Waals surface area contributed by atoms with Gasteiger partial charge < -0.3 is 10.2 Å². The summed E-state index contributed by atoms with van der Waals surface area (Å²) in [6.45, 7) is 0. The molecule has 0 spiro atoms. The lowest BCUT2D eigenvalue weighted by atomic mass is 10.2. The molecule has 1 unspecified atom stereocenters. The summed E-state index contributed by atoms with van der Waals surface area (Å²) in [5.41, 5.74) is 3.01. The van der Waals surface area contributed by atoms with Gasteiger partial charge in [-0.2, -0.15) is 0 Å². The Labute approximate surface area is 139 Å². The van der Waals surface area contributed by atoms with Crippen LogP contribution in [0.2, 0.25) is 5.02 Å². The minimum atomic E-state index is -0.370. The Morgan fingerprint density at radius 2 is 1.95 bits per heavy atom. The number of rotatable bonds is 3. The second kappa shape index (κ2) is 6.10. The van der Waals surface area contributed by atoms with Crippen molar-refractivity contribution in [1.29, 1.82) is 0 Å². The summed E-state index contributed by atoms with van der Waals surface area (Å²) in [6.07, 6.45) is 0.585. The maximum absolute atomic E-state index is 11.6. The molecule has 1 N–H and O–H groups in total. The first-order valence-electron chi connectivity index (χ1n) is 6.86. The van der Waals surface area contributed by atoms with Gasteiger partial charge in [0.05, 0.1) is 16.3 Å². The first kappa shape index (κ1) is 15.1. The molecule has 0 fully saturated rings. The van der Waals surface area contributed by atoms with Crippen LogP contribution >= 0.6 is 23.5 Å². The summed E-state index contributed by atoms with van der Waals surface area (Å²) in [4.78, 5) is 14.7. The Kier molecular flexibility index (Phi) is 4.18. The molecule has 3 rings (SSSR count). The Bertz CT molecular complexity index is 692. The number of fused-ring (bicyclic) bond motifs is 1. The summed E-state index contributed by atoms with van der Waals surface area (Å²) in [7, 11) is 3.81. The van der Waals surface area contributed by atoms with Crippen molar-refractivity contribution in [1.82, 2.24) is 0 Å². The third kappa shape index (κ3) is 2.62. The molecule has 1 heterocycles. The summed E-state index contributed by atoms with van der Waals surface area (Å²) in [5, 5.41) is 3.81. The summed E-state index contributed by atoms with van der Waals surface area (Å²) in [6, 6.07) is 13.7. The smallest absolute Gasteiger partial charge is 0.169 e. The van der Waals surface area contributed by atoms with E-state index in [-0.39, 0.29) is 6.17 Å². The monoisotopic (exact) mass is 333 g/mol. The van der Waals surface area contributed by atoms with E-state index in [0.29, 0.717) is 5.02 Å². The second-order valence-corrected chi connectivity index (χ2v) is 6.44. The maximum Gasteiger partial charge on any atom is 0.169 e. The first-order chi connectivity index (χ1) is 10.6. The van der Waals surface area contributed by atoms with Crippen molar-refractivity contribution >= 4 is 46.9 Å². The Morgan fingerprint density at radius 3 is 2.59 bits per heavy atom. The molecule has 0 aromatic heterocycles. The molecule has 114 valence electrons. The number of benzene rings is 2. The molecule has 22 heavy (non-hydrogen) atoms. The van der Waals surface area contributed by atoms with Crippen molar-refractivity contribution in [2.45, 2.75) is 11.1 Å². The number of hydrogen-bond acceptors (Lipinski definition) is 5. The van der Waals surface area contributed by atoms with Crippen molar-refractivity contribution in [3.05, 3.63) is 47.5 Å². The van der Waals surface area contributed by atoms with Crippen LogP contribution in [0.3, 0.4) is 0 Å². The number of likely N-dealkylation sites (N-methyl/N-ethyl adjacent to an activating group) is 1. The molecule has 1 aliphatic heterocycles. The molecule has 2 aromatic carbocycles. The third-order valence-electron chi connectivity index (χ3n) is 3.66. The molecule has 0 aliphatic carbocycles. The van der Waals surface area contributed by atoms with Crippen LogP contribution in [0.5, 0.6) is 0 Å². The highest BCUT2D eigenvalue weighted by Crippen LogP contribution is 2.43. The highest BCUT2D eigenvalue weighted by atomic mass is 35.5. The molecule has 2 aromatic rings. The van der Waals surface area contributed by atoms with Crippen LogP contribution in [0, 0.1) is 0 Å². The van der Waals surface area contributed by atoms with E-state index in [9.17, 15) is 4.79 Å². The normalized spacial score (nSPS) is 17.1. The van der Waals surface area contributed by atoms with Gasteiger partial charge in [0, 0.05) is 24.8 Å². The molecule has 0 saturated heterocycles. The van der Waals surface area contributed by atoms with E-state index in [1.54, 1.807) is 11.9 Å². The van der Waals surface area contributed by atoms with Crippen molar-refractivity contribution < 1.29 is 4.79 Å². The fraction of sp³-hybridized carbons (Fsp3) is 0.188. The SMILES string of the molecule is CNc1ccc2c(c1)N(C)C(C=O)N(c1ccc(Cl)cc1)S2. The van der Waals surface area contributed by atoms with Crippen molar-refractivity contribution in [3.8, 4) is 0 Å². The molecule has 1 aliphatic rings. The quantitative estimate of drug-likeness (QED) is 0.681. The molecular weight excluding hydrogens is 318 g/mol. The minimum Gasteiger partial charge on any atom is -0.388 e. The number of carbonyl (C=O) groups is 1. The second-order valence-electron chi connectivity index (χ2n) is 4.99. The predicted molar refractivity (Wildman–Crippen MR) is 94.0 cm³/mol. The van der Waals surface area contributed by atoms with Crippen LogP contribution < -0.4 is 14.5 Å². The number of hydrogen-bond donors (Lipinski definition) is 1. The fourth-order valence-corrected chi connectivity index (χ4v) is 3.71. The lowest BCUT2D eigenvalue weighted by molar-refractivity contribution is -0.108. The van der Waals surface area contributed by atoms with Gasteiger partial charge in [-0.1, -0.05) is 11.6 Å². The largest absolute Gasteiger partial charge is 0.388 e. The zero-order valence-electron chi connectivity index (χ0n) is 12.3. The van der Waals surface area contributed by atoms with Gasteiger partial charge >= 0.3 is 0 Å². The van der Waals surface area contributed by atoms with E-state index in [1.165, 1.54) is 0 Å². The van der Waals surface area contributed by atoms with Crippen LogP contribution in [0.1, 0.15) is 0 Å². The summed E-state index contributed by atoms with van der Waals surface area (Å²) < 4.78 is 1.99. The van der Waals surface area contributed by atoms with E-state index < -0.39 is 0 Å². The lowest BCUT2D eigenvalue weighted by Gasteiger charge is -2.41. The van der Waals surface area contributed by atoms with Crippen LogP contribution in [-0.4, -0.2) is 26.5 Å². The van der Waals surface area contributed by atoms with Gasteiger partial charge in [-0.15, -0.1) is 0 Å². The number of nitrogens with one attached hydrogen (secondary N) is 1. The topological polar surface area (TPSA) is 35.6 Å². The van der Waals surface area contributed by atoms with E-state index in [4.69, 9.17) is 11.6 Å². The first-order valence-corrected chi connectivity index (χ1v) is 8.02. The molecule has 0 amide bonds. The Hall–Kier alpha value is -1.85. The van der Waals surface area contributed by atoms with E-state index in [1.807, 2.05) is 53.6 Å². The van der Waals surface area contributed by atoms with Crippen LogP contribution in [-0.2, 0) is 4.79 Å². The Morgan fingerprint density at radius 1 is 1.23 bits per heavy atom. The molecule has 0 bridgehead atoms. The van der Waals surface area contributed by atoms with Gasteiger partial charge in [-0.25, -0.2) is 0 Å². The summed E-state index contributed by atoms with van der Waals surface area (Å²) in [5.74, 6) is 0. The number of halogens is 1. The van der Waals surface area contributed by atoms with Gasteiger partial charge in [0.25, 0.3) is 0 Å². The number of aldehydes is 1.